The monoisotopic (exact) mass is 1530 g/mol. The topological polar surface area (TPSA) is 157 Å². The van der Waals surface area contributed by atoms with E-state index in [0.29, 0.717) is 61.2 Å². The van der Waals surface area contributed by atoms with Crippen molar-refractivity contribution >= 4 is 77.4 Å². The fourth-order valence-corrected chi connectivity index (χ4v) is 24.2. The highest BCUT2D eigenvalue weighted by atomic mass is 16.5. The molecule has 4 aromatic heterocycles. The summed E-state index contributed by atoms with van der Waals surface area (Å²) in [5.74, 6) is 7.59. The summed E-state index contributed by atoms with van der Waals surface area (Å²) < 4.78 is 26.1. The summed E-state index contributed by atoms with van der Waals surface area (Å²) in [6.07, 6.45) is 59.2. The zero-order chi connectivity index (χ0) is 78.3. The van der Waals surface area contributed by atoms with Crippen LogP contribution in [0.2, 0.25) is 0 Å². The molecule has 0 radical (unpaired) electrons. The fourth-order valence-electron chi connectivity index (χ4n) is 24.2. The Morgan fingerprint density at radius 3 is 1.31 bits per heavy atom. The maximum atomic E-state index is 12.4. The first-order valence-electron chi connectivity index (χ1n) is 43.3. The minimum atomic E-state index is -0.0748. The van der Waals surface area contributed by atoms with Crippen molar-refractivity contribution in [2.24, 2.45) is 45.3 Å². The molecule has 0 spiro atoms. The molecule has 12 heteroatoms. The lowest BCUT2D eigenvalue weighted by Crippen LogP contribution is -2.43. The lowest BCUT2D eigenvalue weighted by molar-refractivity contribution is -0.117. The van der Waals surface area contributed by atoms with E-state index < -0.39 is 0 Å². The highest BCUT2D eigenvalue weighted by molar-refractivity contribution is 6.02. The molecule has 8 heterocycles. The summed E-state index contributed by atoms with van der Waals surface area (Å²) in [4.78, 5) is 66.5. The average Bonchev–Trinajstić information content (AvgIpc) is 1.63. The Morgan fingerprint density at radius 1 is 0.362 bits per heavy atom. The molecular weight excluding hydrogens is 1430 g/mol. The number of ether oxygens (including phenoxy) is 4. The predicted octanol–water partition coefficient (Wildman–Crippen LogP) is 22.8. The summed E-state index contributed by atoms with van der Waals surface area (Å²) in [7, 11) is 0. The van der Waals surface area contributed by atoms with Crippen LogP contribution in [0.1, 0.15) is 203 Å². The SMILES string of the molecule is C[C@]12C=CC3=CC4=C(CCCC4=O)O[C@H]3[C@@H]1CC=C2c1ccc2ccncc2c1.C[C@]12C=CC3=CC4=C(CCCC4=O)O[C@H]3[C@@H]1CC[C@@H]2c1ccc2ccncc2c1.C[C@]12CCC3=CC4=C(CCCC4=O)O[C@H]3[C@@H]1CC=C2c1ccc2ccncc2c1.C[C@]12CCC3=CC4=C(CCCC4=O)O[C@H]3[C@@H]1CC[C@@H]2c1ccc2ccncc2c1. The molecule has 8 aromatic rings. The first-order valence-corrected chi connectivity index (χ1v) is 43.3. The molecule has 584 valence electrons. The highest BCUT2D eigenvalue weighted by Gasteiger charge is 2.58. The van der Waals surface area contributed by atoms with Gasteiger partial charge in [-0.15, -0.1) is 0 Å². The number of benzene rings is 4. The number of Topliss-reactive ketones (excluding diaryl/α,β-unsaturated/α-hetero) is 4. The highest BCUT2D eigenvalue weighted by Crippen LogP contribution is 2.65. The van der Waals surface area contributed by atoms with Gasteiger partial charge in [0.25, 0.3) is 0 Å². The molecule has 116 heavy (non-hydrogen) atoms. The van der Waals surface area contributed by atoms with Crippen LogP contribution in [0.4, 0.5) is 0 Å². The second-order valence-corrected chi connectivity index (χ2v) is 36.8. The molecule has 4 fully saturated rings. The number of nitrogens with zero attached hydrogens (tertiary/aromatic N) is 4. The van der Waals surface area contributed by atoms with Crippen molar-refractivity contribution in [3.8, 4) is 0 Å². The molecule has 0 unspecified atom stereocenters. The third kappa shape index (κ3) is 12.2. The maximum absolute atomic E-state index is 12.4. The summed E-state index contributed by atoms with van der Waals surface area (Å²) in [5.41, 5.74) is 17.0. The normalized spacial score (nSPS) is 32.0. The number of hydrogen-bond acceptors (Lipinski definition) is 12. The standard InChI is InChI=1S/C26H27NO2.2C26H25NO2.C26H23NO2/c4*1-26-11-9-18-14-20-23(28)3-2-4-24(20)29-25(18)22(26)8-7-21(26)17-6-5-16-10-12-27-15-19(16)13-17/h5-6,10,12-15,21-22,25H,2-4,7-9,11H2,1H3;5-6,9-15,21-22,25H,2-4,7-8H2,1H3;5-7,10,12-15,22,25H,2-4,8-9,11H2,1H3;5-7,9-15,22,25H,2-4,8H2,1H3/t2*21-,22+,25-,26-;2*22-,25+,26+/m1100/s1. The van der Waals surface area contributed by atoms with Crippen molar-refractivity contribution in [1.29, 1.82) is 0 Å². The van der Waals surface area contributed by atoms with E-state index in [1.54, 1.807) is 0 Å². The van der Waals surface area contributed by atoms with Gasteiger partial charge in [-0.1, -0.05) is 113 Å². The van der Waals surface area contributed by atoms with Crippen molar-refractivity contribution < 1.29 is 38.1 Å². The van der Waals surface area contributed by atoms with Crippen LogP contribution in [0.5, 0.6) is 0 Å². The molecule has 0 N–H and O–H groups in total. The van der Waals surface area contributed by atoms with Crippen LogP contribution in [0.3, 0.4) is 0 Å². The van der Waals surface area contributed by atoms with Crippen molar-refractivity contribution in [1.82, 2.24) is 19.9 Å². The minimum absolute atomic E-state index is 0.0329. The maximum Gasteiger partial charge on any atom is 0.166 e. The Labute approximate surface area is 679 Å². The molecule has 4 saturated carbocycles. The third-order valence-electron chi connectivity index (χ3n) is 30.7. The third-order valence-corrected chi connectivity index (χ3v) is 30.7. The van der Waals surface area contributed by atoms with Crippen LogP contribution in [0.25, 0.3) is 54.2 Å². The van der Waals surface area contributed by atoms with Crippen molar-refractivity contribution in [2.45, 2.75) is 205 Å². The van der Waals surface area contributed by atoms with Gasteiger partial charge in [-0.05, 0) is 263 Å². The second-order valence-electron chi connectivity index (χ2n) is 36.8. The number of allylic oxidation sites excluding steroid dienone is 18. The van der Waals surface area contributed by atoms with E-state index in [-0.39, 0.29) is 69.2 Å². The van der Waals surface area contributed by atoms with Gasteiger partial charge in [-0.3, -0.25) is 39.1 Å². The van der Waals surface area contributed by atoms with Crippen molar-refractivity contribution in [3.63, 3.8) is 0 Å². The van der Waals surface area contributed by atoms with Crippen LogP contribution in [0, 0.1) is 45.3 Å². The Bertz CT molecular complexity index is 5850. The molecular formula is C104H100N4O8. The Kier molecular flexibility index (Phi) is 18.0. The van der Waals surface area contributed by atoms with Gasteiger partial charge >= 0.3 is 0 Å². The van der Waals surface area contributed by atoms with Gasteiger partial charge in [0, 0.05) is 157 Å². The van der Waals surface area contributed by atoms with E-state index in [4.69, 9.17) is 18.9 Å². The van der Waals surface area contributed by atoms with Crippen LogP contribution in [-0.2, 0) is 38.1 Å². The number of pyridine rings is 4. The van der Waals surface area contributed by atoms with Gasteiger partial charge in [0.15, 0.2) is 23.1 Å². The van der Waals surface area contributed by atoms with E-state index in [1.165, 1.54) is 112 Å². The number of aromatic nitrogens is 4. The lowest BCUT2D eigenvalue weighted by atomic mass is 9.61. The first-order chi connectivity index (χ1) is 56.5. The van der Waals surface area contributed by atoms with Crippen LogP contribution in [0.15, 0.2) is 275 Å². The Morgan fingerprint density at radius 2 is 0.776 bits per heavy atom. The largest absolute Gasteiger partial charge is 0.489 e. The van der Waals surface area contributed by atoms with E-state index in [0.717, 1.165) is 147 Å². The van der Waals surface area contributed by atoms with E-state index >= 15 is 0 Å². The number of rotatable bonds is 4. The van der Waals surface area contributed by atoms with Crippen molar-refractivity contribution in [3.05, 3.63) is 297 Å². The van der Waals surface area contributed by atoms with Gasteiger partial charge in [0.1, 0.15) is 47.5 Å². The average molecular weight is 1530 g/mol. The smallest absolute Gasteiger partial charge is 0.166 e. The molecule has 16 aliphatic rings. The molecule has 0 saturated heterocycles. The molecule has 4 aromatic carbocycles. The summed E-state index contributed by atoms with van der Waals surface area (Å²) in [5, 5.41) is 9.75. The van der Waals surface area contributed by atoms with E-state index in [2.05, 4.69) is 205 Å². The quantitative estimate of drug-likeness (QED) is 0.165. The number of fused-ring (bicyclic) bond motifs is 16. The zero-order valence-corrected chi connectivity index (χ0v) is 67.0. The molecule has 24 rings (SSSR count). The molecule has 12 nitrogen and oxygen atoms in total. The molecule has 14 atom stereocenters. The first kappa shape index (κ1) is 72.9. The van der Waals surface area contributed by atoms with E-state index in [1.807, 2.05) is 49.6 Å². The molecule has 4 aliphatic heterocycles. The Balaban J connectivity index is 0.0000000966. The molecule has 12 aliphatic carbocycles. The number of carbonyl (C=O) groups is 4. The lowest BCUT2D eigenvalue weighted by Gasteiger charge is -2.48. The van der Waals surface area contributed by atoms with Gasteiger partial charge < -0.3 is 18.9 Å². The minimum Gasteiger partial charge on any atom is -0.489 e. The van der Waals surface area contributed by atoms with Crippen molar-refractivity contribution in [2.75, 3.05) is 0 Å². The molecule has 0 bridgehead atoms. The number of ketones is 4. The second kappa shape index (κ2) is 28.6. The van der Waals surface area contributed by atoms with Gasteiger partial charge in [0.2, 0.25) is 0 Å². The summed E-state index contributed by atoms with van der Waals surface area (Å²) in [6, 6.07) is 35.5. The predicted molar refractivity (Wildman–Crippen MR) is 455 cm³/mol. The summed E-state index contributed by atoms with van der Waals surface area (Å²) >= 11 is 0. The van der Waals surface area contributed by atoms with E-state index in [9.17, 15) is 19.2 Å². The summed E-state index contributed by atoms with van der Waals surface area (Å²) in [6.45, 7) is 9.63. The van der Waals surface area contributed by atoms with Gasteiger partial charge in [0.05, 0.1) is 22.3 Å². The van der Waals surface area contributed by atoms with Gasteiger partial charge in [-0.25, -0.2) is 0 Å². The Hall–Kier alpha value is -10.7. The number of carbonyl (C=O) groups excluding carboxylic acids is 4. The van der Waals surface area contributed by atoms with Crippen LogP contribution < -0.4 is 0 Å². The van der Waals surface area contributed by atoms with Crippen LogP contribution in [-0.4, -0.2) is 67.5 Å². The number of hydrogen-bond donors (Lipinski definition) is 0. The zero-order valence-electron chi connectivity index (χ0n) is 67.0. The molecule has 0 amide bonds. The fraction of sp³-hybridized carbons (Fsp3) is 0.385. The van der Waals surface area contributed by atoms with Gasteiger partial charge in [-0.2, -0.15) is 0 Å². The van der Waals surface area contributed by atoms with Crippen LogP contribution >= 0.6 is 0 Å².